The number of fused-ring (bicyclic) bond motifs is 1. The smallest absolute Gasteiger partial charge is 0.0594 e. The molecule has 0 saturated heterocycles. The van der Waals surface area contributed by atoms with Gasteiger partial charge >= 0.3 is 0 Å². The first kappa shape index (κ1) is 11.3. The Morgan fingerprint density at radius 2 is 1.67 bits per heavy atom. The van der Waals surface area contributed by atoms with Crippen LogP contribution in [0, 0.1) is 0 Å². The van der Waals surface area contributed by atoms with Crippen molar-refractivity contribution in [1.29, 1.82) is 0 Å². The lowest BCUT2D eigenvalue weighted by Gasteiger charge is -2.18. The summed E-state index contributed by atoms with van der Waals surface area (Å²) in [6.45, 7) is 0. The van der Waals surface area contributed by atoms with Crippen LogP contribution in [0.1, 0.15) is 21.9 Å². The molecule has 0 fully saturated rings. The number of aliphatic imine (C=N–C) groups is 1. The van der Waals surface area contributed by atoms with Gasteiger partial charge in [-0.05, 0) is 22.1 Å². The molecule has 18 heavy (non-hydrogen) atoms. The van der Waals surface area contributed by atoms with Crippen molar-refractivity contribution in [1.82, 2.24) is 0 Å². The van der Waals surface area contributed by atoms with E-state index < -0.39 is 0 Å². The molecule has 0 saturated carbocycles. The van der Waals surface area contributed by atoms with E-state index in [1.807, 2.05) is 12.4 Å². The number of nitrogens with zero attached hydrogens (tertiary/aromatic N) is 1. The van der Waals surface area contributed by atoms with Crippen molar-refractivity contribution in [2.45, 2.75) is 5.25 Å². The van der Waals surface area contributed by atoms with Gasteiger partial charge < -0.3 is 0 Å². The normalized spacial score (nSPS) is 17.9. The fourth-order valence-corrected chi connectivity index (χ4v) is 3.07. The van der Waals surface area contributed by atoms with Crippen molar-refractivity contribution in [3.05, 3.63) is 82.9 Å². The highest BCUT2D eigenvalue weighted by atomic mass is 32.2. The molecule has 0 radical (unpaired) electrons. The molecule has 1 unspecified atom stereocenters. The molecule has 1 aliphatic heterocycles. The summed E-state index contributed by atoms with van der Waals surface area (Å²) in [6.07, 6.45) is 3.79. The van der Waals surface area contributed by atoms with Crippen molar-refractivity contribution in [3.8, 4) is 0 Å². The second-order valence-corrected chi connectivity index (χ2v) is 5.13. The lowest BCUT2D eigenvalue weighted by Crippen LogP contribution is -2.01. The zero-order valence-electron chi connectivity index (χ0n) is 9.86. The van der Waals surface area contributed by atoms with Crippen molar-refractivity contribution < 1.29 is 0 Å². The largest absolute Gasteiger partial charge is 0.264 e. The quantitative estimate of drug-likeness (QED) is 0.731. The van der Waals surface area contributed by atoms with Crippen molar-refractivity contribution in [2.24, 2.45) is 4.99 Å². The van der Waals surface area contributed by atoms with E-state index in [1.165, 1.54) is 16.7 Å². The van der Waals surface area contributed by atoms with E-state index in [0.717, 1.165) is 0 Å². The maximum absolute atomic E-state index is 4.27. The molecule has 0 aliphatic carbocycles. The van der Waals surface area contributed by atoms with Crippen LogP contribution in [0.25, 0.3) is 0 Å². The molecular formula is C16H13NS. The summed E-state index contributed by atoms with van der Waals surface area (Å²) >= 11 is 1.80. The van der Waals surface area contributed by atoms with Gasteiger partial charge in [0.05, 0.1) is 5.25 Å². The van der Waals surface area contributed by atoms with Gasteiger partial charge in [-0.2, -0.15) is 0 Å². The maximum Gasteiger partial charge on any atom is 0.0594 e. The molecule has 0 bridgehead atoms. The van der Waals surface area contributed by atoms with Gasteiger partial charge in [-0.15, -0.1) is 11.8 Å². The minimum absolute atomic E-state index is 0.338. The highest BCUT2D eigenvalue weighted by Gasteiger charge is 2.16. The van der Waals surface area contributed by atoms with Gasteiger partial charge in [0.15, 0.2) is 0 Å². The second-order valence-electron chi connectivity index (χ2n) is 4.12. The van der Waals surface area contributed by atoms with E-state index >= 15 is 0 Å². The lowest BCUT2D eigenvalue weighted by atomic mass is 10.00. The Kier molecular flexibility index (Phi) is 3.29. The predicted molar refractivity (Wildman–Crippen MR) is 79.1 cm³/mol. The van der Waals surface area contributed by atoms with E-state index in [2.05, 4.69) is 65.0 Å². The van der Waals surface area contributed by atoms with Gasteiger partial charge in [0.2, 0.25) is 0 Å². The zero-order valence-corrected chi connectivity index (χ0v) is 10.7. The third-order valence-corrected chi connectivity index (χ3v) is 4.03. The average Bonchev–Trinajstić information content (AvgIpc) is 2.41. The lowest BCUT2D eigenvalue weighted by molar-refractivity contribution is 1.15. The Labute approximate surface area is 111 Å². The molecule has 1 atom stereocenters. The molecule has 1 nitrogen and oxygen atoms in total. The zero-order chi connectivity index (χ0) is 12.2. The molecule has 0 aromatic heterocycles. The summed E-state index contributed by atoms with van der Waals surface area (Å²) in [4.78, 5) is 4.27. The van der Waals surface area contributed by atoms with Gasteiger partial charge in [0.1, 0.15) is 0 Å². The first-order valence-electron chi connectivity index (χ1n) is 5.93. The molecule has 3 rings (SSSR count). The Bertz CT molecular complexity index is 587. The molecule has 88 valence electrons. The third-order valence-electron chi connectivity index (χ3n) is 2.96. The number of rotatable bonds is 1. The van der Waals surface area contributed by atoms with Gasteiger partial charge in [0, 0.05) is 12.4 Å². The second kappa shape index (κ2) is 5.23. The van der Waals surface area contributed by atoms with Gasteiger partial charge in [0.25, 0.3) is 0 Å². The van der Waals surface area contributed by atoms with Crippen molar-refractivity contribution in [3.63, 3.8) is 0 Å². The first-order chi connectivity index (χ1) is 8.95. The predicted octanol–water partition coefficient (Wildman–Crippen LogP) is 4.41. The van der Waals surface area contributed by atoms with Crippen molar-refractivity contribution >= 4 is 18.0 Å². The van der Waals surface area contributed by atoms with Crippen LogP contribution in [-0.4, -0.2) is 6.21 Å². The minimum atomic E-state index is 0.338. The summed E-state index contributed by atoms with van der Waals surface area (Å²) in [6, 6.07) is 19.1. The molecule has 1 aliphatic rings. The van der Waals surface area contributed by atoms with Crippen LogP contribution >= 0.6 is 11.8 Å². The summed E-state index contributed by atoms with van der Waals surface area (Å²) in [7, 11) is 0. The maximum atomic E-state index is 4.27. The third kappa shape index (κ3) is 2.24. The molecular weight excluding hydrogens is 238 g/mol. The molecule has 0 amide bonds. The van der Waals surface area contributed by atoms with E-state index in [4.69, 9.17) is 0 Å². The van der Waals surface area contributed by atoms with Gasteiger partial charge in [-0.25, -0.2) is 0 Å². The summed E-state index contributed by atoms with van der Waals surface area (Å²) in [5.41, 5.74) is 3.85. The standard InChI is InChI=1S/C16H13NS/c1-2-6-13(7-3-1)16-15-9-5-4-8-14(15)12-17-10-11-18-16/h1-12,16H. The highest BCUT2D eigenvalue weighted by Crippen LogP contribution is 2.38. The fourth-order valence-electron chi connectivity index (χ4n) is 2.10. The van der Waals surface area contributed by atoms with E-state index in [1.54, 1.807) is 11.8 Å². The van der Waals surface area contributed by atoms with E-state index in [0.29, 0.717) is 5.25 Å². The topological polar surface area (TPSA) is 12.4 Å². The van der Waals surface area contributed by atoms with Crippen LogP contribution in [0.15, 0.2) is 71.2 Å². The summed E-state index contributed by atoms with van der Waals surface area (Å²) < 4.78 is 0. The van der Waals surface area contributed by atoms with Gasteiger partial charge in [-0.1, -0.05) is 54.6 Å². The molecule has 2 aromatic carbocycles. The van der Waals surface area contributed by atoms with Crippen LogP contribution < -0.4 is 0 Å². The van der Waals surface area contributed by atoms with E-state index in [-0.39, 0.29) is 0 Å². The first-order valence-corrected chi connectivity index (χ1v) is 6.87. The van der Waals surface area contributed by atoms with Crippen LogP contribution in [0.4, 0.5) is 0 Å². The molecule has 0 spiro atoms. The van der Waals surface area contributed by atoms with Gasteiger partial charge in [-0.3, -0.25) is 4.99 Å². The Balaban J connectivity index is 2.12. The molecule has 1 heterocycles. The monoisotopic (exact) mass is 251 g/mol. The molecule has 2 aromatic rings. The van der Waals surface area contributed by atoms with Crippen LogP contribution in [0.5, 0.6) is 0 Å². The number of thioether (sulfide) groups is 1. The number of hydrogen-bond donors (Lipinski definition) is 0. The minimum Gasteiger partial charge on any atom is -0.264 e. The molecule has 2 heteroatoms. The summed E-state index contributed by atoms with van der Waals surface area (Å²) in [5.74, 6) is 0. The van der Waals surface area contributed by atoms with E-state index in [9.17, 15) is 0 Å². The fraction of sp³-hybridized carbons (Fsp3) is 0.0625. The Morgan fingerprint density at radius 1 is 0.889 bits per heavy atom. The molecule has 0 N–H and O–H groups in total. The average molecular weight is 251 g/mol. The highest BCUT2D eigenvalue weighted by molar-refractivity contribution is 8.02. The summed E-state index contributed by atoms with van der Waals surface area (Å²) in [5, 5.41) is 2.40. The Morgan fingerprint density at radius 3 is 2.56 bits per heavy atom. The number of hydrogen-bond acceptors (Lipinski definition) is 2. The van der Waals surface area contributed by atoms with Crippen LogP contribution in [0.2, 0.25) is 0 Å². The van der Waals surface area contributed by atoms with Crippen LogP contribution in [0.3, 0.4) is 0 Å². The van der Waals surface area contributed by atoms with Crippen LogP contribution in [-0.2, 0) is 0 Å². The number of benzene rings is 2. The SMILES string of the molecule is C1=CSC(c2ccccc2)c2ccccc2C=N1. The van der Waals surface area contributed by atoms with Crippen molar-refractivity contribution in [2.75, 3.05) is 0 Å². The Hall–Kier alpha value is -1.80.